The van der Waals surface area contributed by atoms with Crippen molar-refractivity contribution in [2.24, 2.45) is 11.3 Å². The molecule has 1 unspecified atom stereocenters. The average Bonchev–Trinajstić information content (AvgIpc) is 2.46. The molecule has 1 aliphatic rings. The van der Waals surface area contributed by atoms with Crippen LogP contribution in [0.3, 0.4) is 0 Å². The van der Waals surface area contributed by atoms with E-state index in [0.717, 1.165) is 5.92 Å². The molecule has 0 radical (unpaired) electrons. The van der Waals surface area contributed by atoms with E-state index in [1.54, 1.807) is 5.57 Å². The molecule has 0 bridgehead atoms. The van der Waals surface area contributed by atoms with E-state index in [2.05, 4.69) is 34.0 Å². The first-order chi connectivity index (χ1) is 9.56. The van der Waals surface area contributed by atoms with Crippen LogP contribution in [0.5, 0.6) is 0 Å². The van der Waals surface area contributed by atoms with Gasteiger partial charge in [-0.3, -0.25) is 0 Å². The minimum Gasteiger partial charge on any atom is -0.106 e. The molecule has 0 nitrogen and oxygen atoms in total. The number of unbranched alkanes of at least 4 members (excludes halogenated alkanes) is 1. The number of allylic oxidation sites excluding steroid dienone is 1. The van der Waals surface area contributed by atoms with Gasteiger partial charge in [0.05, 0.1) is 0 Å². The molecular weight excluding hydrogens is 259 g/mol. The highest BCUT2D eigenvalue weighted by Crippen LogP contribution is 2.48. The Labute approximate surface area is 129 Å². The molecule has 1 aliphatic carbocycles. The lowest BCUT2D eigenvalue weighted by Crippen LogP contribution is -2.28. The summed E-state index contributed by atoms with van der Waals surface area (Å²) in [4.78, 5) is 0. The van der Waals surface area contributed by atoms with Crippen LogP contribution in [0, 0.1) is 11.3 Å². The van der Waals surface area contributed by atoms with E-state index in [4.69, 9.17) is 0 Å². The Bertz CT molecular complexity index is 273. The monoisotopic (exact) mass is 296 g/mol. The third-order valence-corrected chi connectivity index (χ3v) is 7.50. The van der Waals surface area contributed by atoms with Crippen molar-refractivity contribution in [2.75, 3.05) is 19.0 Å². The molecule has 0 N–H and O–H groups in total. The Morgan fingerprint density at radius 2 is 1.75 bits per heavy atom. The minimum atomic E-state index is 0.218. The standard InChI is InChI=1S/C19H37P/c1-6-9-13-19(12-7-2)14-10-18(11-15-19)17(4)16-20(5)8-3/h18H,4,6-16H2,1-3,5H3. The summed E-state index contributed by atoms with van der Waals surface area (Å²) in [5.74, 6) is 0.845. The second kappa shape index (κ2) is 9.24. The molecule has 1 saturated carbocycles. The minimum absolute atomic E-state index is 0.218. The Morgan fingerprint density at radius 1 is 1.10 bits per heavy atom. The molecule has 0 spiro atoms. The fourth-order valence-electron chi connectivity index (χ4n) is 3.93. The van der Waals surface area contributed by atoms with Gasteiger partial charge in [0.1, 0.15) is 0 Å². The fourth-order valence-corrected chi connectivity index (χ4v) is 5.11. The second-order valence-corrected chi connectivity index (χ2v) is 9.78. The van der Waals surface area contributed by atoms with E-state index in [9.17, 15) is 0 Å². The first kappa shape index (κ1) is 18.2. The molecule has 0 amide bonds. The van der Waals surface area contributed by atoms with E-state index in [1.807, 2.05) is 0 Å². The first-order valence-corrected chi connectivity index (χ1v) is 11.1. The molecule has 1 atom stereocenters. The maximum atomic E-state index is 4.44. The SMILES string of the molecule is C=C(CP(C)CC)C1CCC(CCC)(CCCC)CC1. The Kier molecular flexibility index (Phi) is 8.42. The summed E-state index contributed by atoms with van der Waals surface area (Å²) in [5.41, 5.74) is 2.28. The molecule has 1 fully saturated rings. The molecule has 1 rings (SSSR count). The molecular formula is C19H37P. The summed E-state index contributed by atoms with van der Waals surface area (Å²) >= 11 is 0. The molecule has 0 aromatic carbocycles. The van der Waals surface area contributed by atoms with Crippen LogP contribution in [-0.2, 0) is 0 Å². The van der Waals surface area contributed by atoms with Crippen LogP contribution < -0.4 is 0 Å². The van der Waals surface area contributed by atoms with Gasteiger partial charge < -0.3 is 0 Å². The van der Waals surface area contributed by atoms with Crippen molar-refractivity contribution in [3.63, 3.8) is 0 Å². The van der Waals surface area contributed by atoms with Crippen molar-refractivity contribution in [1.29, 1.82) is 0 Å². The molecule has 1 heteroatoms. The lowest BCUT2D eigenvalue weighted by Gasteiger charge is -2.41. The van der Waals surface area contributed by atoms with Crippen molar-refractivity contribution < 1.29 is 0 Å². The van der Waals surface area contributed by atoms with Gasteiger partial charge in [0.25, 0.3) is 0 Å². The average molecular weight is 296 g/mol. The predicted octanol–water partition coefficient (Wildman–Crippen LogP) is 6.84. The highest BCUT2D eigenvalue weighted by molar-refractivity contribution is 7.57. The third kappa shape index (κ3) is 5.51. The van der Waals surface area contributed by atoms with Crippen molar-refractivity contribution in [1.82, 2.24) is 0 Å². The van der Waals surface area contributed by atoms with Crippen LogP contribution in [0.15, 0.2) is 12.2 Å². The lowest BCUT2D eigenvalue weighted by molar-refractivity contribution is 0.130. The van der Waals surface area contributed by atoms with Gasteiger partial charge in [0, 0.05) is 0 Å². The normalized spacial score (nSPS) is 28.3. The summed E-state index contributed by atoms with van der Waals surface area (Å²) in [6.45, 7) is 13.9. The van der Waals surface area contributed by atoms with Gasteiger partial charge >= 0.3 is 0 Å². The quantitative estimate of drug-likeness (QED) is 0.323. The van der Waals surface area contributed by atoms with Gasteiger partial charge in [-0.05, 0) is 68.8 Å². The molecule has 0 aliphatic heterocycles. The maximum absolute atomic E-state index is 4.44. The summed E-state index contributed by atoms with van der Waals surface area (Å²) in [6, 6.07) is 0. The molecule has 20 heavy (non-hydrogen) atoms. The summed E-state index contributed by atoms with van der Waals surface area (Å²) in [7, 11) is 0.218. The van der Waals surface area contributed by atoms with E-state index in [-0.39, 0.29) is 7.92 Å². The Morgan fingerprint density at radius 3 is 2.25 bits per heavy atom. The summed E-state index contributed by atoms with van der Waals surface area (Å²) < 4.78 is 0. The van der Waals surface area contributed by atoms with Crippen LogP contribution >= 0.6 is 7.92 Å². The second-order valence-electron chi connectivity index (χ2n) is 7.12. The zero-order valence-corrected chi connectivity index (χ0v) is 15.4. The largest absolute Gasteiger partial charge is 0.106 e. The highest BCUT2D eigenvalue weighted by atomic mass is 31.1. The number of hydrogen-bond donors (Lipinski definition) is 0. The molecule has 0 saturated heterocycles. The Balaban J connectivity index is 2.48. The van der Waals surface area contributed by atoms with Crippen LogP contribution in [0.1, 0.15) is 78.6 Å². The summed E-state index contributed by atoms with van der Waals surface area (Å²) in [5, 5.41) is 0. The predicted molar refractivity (Wildman–Crippen MR) is 96.2 cm³/mol. The molecule has 0 aromatic heterocycles. The van der Waals surface area contributed by atoms with Crippen molar-refractivity contribution >= 4 is 7.92 Å². The van der Waals surface area contributed by atoms with Gasteiger partial charge in [-0.15, -0.1) is 7.92 Å². The molecule has 0 aromatic rings. The topological polar surface area (TPSA) is 0 Å². The maximum Gasteiger partial charge on any atom is -0.0117 e. The van der Waals surface area contributed by atoms with E-state index >= 15 is 0 Å². The smallest absolute Gasteiger partial charge is 0.0117 e. The lowest BCUT2D eigenvalue weighted by atomic mass is 9.65. The van der Waals surface area contributed by atoms with E-state index < -0.39 is 0 Å². The van der Waals surface area contributed by atoms with Gasteiger partial charge in [-0.2, -0.15) is 0 Å². The Hall–Kier alpha value is 0.170. The molecule has 118 valence electrons. The third-order valence-electron chi connectivity index (χ3n) is 5.48. The number of hydrogen-bond acceptors (Lipinski definition) is 0. The van der Waals surface area contributed by atoms with Crippen LogP contribution in [0.2, 0.25) is 0 Å². The van der Waals surface area contributed by atoms with Crippen LogP contribution in [0.25, 0.3) is 0 Å². The van der Waals surface area contributed by atoms with Gasteiger partial charge in [-0.1, -0.05) is 52.2 Å². The van der Waals surface area contributed by atoms with E-state index in [0.29, 0.717) is 5.41 Å². The van der Waals surface area contributed by atoms with Gasteiger partial charge in [0.15, 0.2) is 0 Å². The highest BCUT2D eigenvalue weighted by Gasteiger charge is 2.34. The van der Waals surface area contributed by atoms with Crippen molar-refractivity contribution in [3.8, 4) is 0 Å². The van der Waals surface area contributed by atoms with Gasteiger partial charge in [0.2, 0.25) is 0 Å². The zero-order chi connectivity index (χ0) is 15.0. The zero-order valence-electron chi connectivity index (χ0n) is 14.5. The molecule has 0 heterocycles. The van der Waals surface area contributed by atoms with Crippen LogP contribution in [-0.4, -0.2) is 19.0 Å². The van der Waals surface area contributed by atoms with Crippen molar-refractivity contribution in [3.05, 3.63) is 12.2 Å². The fraction of sp³-hybridized carbons (Fsp3) is 0.895. The number of rotatable bonds is 9. The summed E-state index contributed by atoms with van der Waals surface area (Å²) in [6.07, 6.45) is 15.6. The van der Waals surface area contributed by atoms with E-state index in [1.165, 1.54) is 70.1 Å². The van der Waals surface area contributed by atoms with Crippen LogP contribution in [0.4, 0.5) is 0 Å². The van der Waals surface area contributed by atoms with Gasteiger partial charge in [-0.25, -0.2) is 0 Å². The van der Waals surface area contributed by atoms with Crippen molar-refractivity contribution in [2.45, 2.75) is 78.6 Å². The first-order valence-electron chi connectivity index (χ1n) is 8.93.